The SMILES string of the molecule is NC(=NCc1ccn[nH]1)N1CCN(C(=O)C(O)(c2ccccc2)C2CCCC2)CC1. The highest BCUT2D eigenvalue weighted by molar-refractivity contribution is 5.87. The number of hydrogen-bond donors (Lipinski definition) is 3. The zero-order chi connectivity index (χ0) is 21.0. The molecular formula is C22H30N6O2. The van der Waals surface area contributed by atoms with Crippen LogP contribution in [0.25, 0.3) is 0 Å². The number of aromatic amines is 1. The largest absolute Gasteiger partial charge is 0.375 e. The van der Waals surface area contributed by atoms with Crippen LogP contribution in [-0.2, 0) is 16.9 Å². The number of nitrogens with two attached hydrogens (primary N) is 1. The third-order valence-corrected chi connectivity index (χ3v) is 6.35. The molecule has 0 bridgehead atoms. The van der Waals surface area contributed by atoms with Gasteiger partial charge in [-0.1, -0.05) is 43.2 Å². The number of guanidine groups is 1. The van der Waals surface area contributed by atoms with Crippen LogP contribution in [0.5, 0.6) is 0 Å². The fraction of sp³-hybridized carbons (Fsp3) is 0.500. The molecule has 0 spiro atoms. The molecule has 1 aliphatic heterocycles. The van der Waals surface area contributed by atoms with E-state index in [0.29, 0.717) is 44.2 Å². The van der Waals surface area contributed by atoms with Gasteiger partial charge in [0.1, 0.15) is 0 Å². The molecule has 4 N–H and O–H groups in total. The molecule has 1 aliphatic carbocycles. The van der Waals surface area contributed by atoms with Gasteiger partial charge in [0, 0.05) is 38.3 Å². The Morgan fingerprint density at radius 1 is 1.13 bits per heavy atom. The highest BCUT2D eigenvalue weighted by atomic mass is 16.3. The van der Waals surface area contributed by atoms with Crippen LogP contribution in [0.3, 0.4) is 0 Å². The predicted octanol–water partition coefficient (Wildman–Crippen LogP) is 1.45. The number of nitrogens with zero attached hydrogens (tertiary/aromatic N) is 4. The molecule has 8 heteroatoms. The van der Waals surface area contributed by atoms with E-state index in [1.54, 1.807) is 11.1 Å². The minimum absolute atomic E-state index is 0.0357. The number of aliphatic imine (C=N–C) groups is 1. The molecule has 0 radical (unpaired) electrons. The van der Waals surface area contributed by atoms with Gasteiger partial charge in [-0.15, -0.1) is 0 Å². The molecule has 2 aliphatic rings. The standard InChI is InChI=1S/C22H30N6O2/c23-21(24-16-19-10-11-25-26-19)28-14-12-27(13-15-28)20(29)22(30,18-8-4-5-9-18)17-6-2-1-3-7-17/h1-3,6-7,10-11,18,30H,4-5,8-9,12-16H2,(H2,23,24)(H,25,26). The summed E-state index contributed by atoms with van der Waals surface area (Å²) in [5.41, 5.74) is 6.29. The van der Waals surface area contributed by atoms with Crippen molar-refractivity contribution in [2.45, 2.75) is 37.8 Å². The van der Waals surface area contributed by atoms with Gasteiger partial charge in [0.05, 0.1) is 12.2 Å². The predicted molar refractivity (Wildman–Crippen MR) is 114 cm³/mol. The molecule has 8 nitrogen and oxygen atoms in total. The van der Waals surface area contributed by atoms with Crippen molar-refractivity contribution in [3.63, 3.8) is 0 Å². The molecule has 2 fully saturated rings. The number of carbonyl (C=O) groups excluding carboxylic acids is 1. The van der Waals surface area contributed by atoms with E-state index in [1.165, 1.54) is 0 Å². The zero-order valence-corrected chi connectivity index (χ0v) is 17.2. The van der Waals surface area contributed by atoms with Gasteiger partial charge < -0.3 is 20.6 Å². The van der Waals surface area contributed by atoms with Gasteiger partial charge in [-0.05, 0) is 24.5 Å². The van der Waals surface area contributed by atoms with E-state index >= 15 is 0 Å². The number of rotatable bonds is 5. The van der Waals surface area contributed by atoms with Crippen molar-refractivity contribution in [2.24, 2.45) is 16.6 Å². The number of piperazine rings is 1. The maximum Gasteiger partial charge on any atom is 0.259 e. The average Bonchev–Trinajstić information content (AvgIpc) is 3.52. The second-order valence-corrected chi connectivity index (χ2v) is 8.15. The topological polar surface area (TPSA) is 111 Å². The van der Waals surface area contributed by atoms with Gasteiger partial charge in [-0.2, -0.15) is 5.10 Å². The molecule has 1 saturated carbocycles. The summed E-state index contributed by atoms with van der Waals surface area (Å²) in [5, 5.41) is 18.5. The monoisotopic (exact) mass is 410 g/mol. The second-order valence-electron chi connectivity index (χ2n) is 8.15. The molecule has 30 heavy (non-hydrogen) atoms. The Morgan fingerprint density at radius 3 is 2.43 bits per heavy atom. The smallest absolute Gasteiger partial charge is 0.259 e. The molecule has 1 aromatic carbocycles. The van der Waals surface area contributed by atoms with Crippen LogP contribution in [0.1, 0.15) is 36.9 Å². The van der Waals surface area contributed by atoms with E-state index in [0.717, 1.165) is 31.4 Å². The van der Waals surface area contributed by atoms with Crippen LogP contribution < -0.4 is 5.73 Å². The first kappa shape index (κ1) is 20.4. The highest BCUT2D eigenvalue weighted by Crippen LogP contribution is 2.42. The minimum Gasteiger partial charge on any atom is -0.375 e. The Balaban J connectivity index is 1.43. The summed E-state index contributed by atoms with van der Waals surface area (Å²) in [6.07, 6.45) is 5.56. The summed E-state index contributed by atoms with van der Waals surface area (Å²) in [6, 6.07) is 11.3. The normalized spacial score (nSPS) is 20.4. The highest BCUT2D eigenvalue weighted by Gasteiger charge is 2.48. The Morgan fingerprint density at radius 2 is 1.80 bits per heavy atom. The number of benzene rings is 1. The van der Waals surface area contributed by atoms with Crippen LogP contribution >= 0.6 is 0 Å². The van der Waals surface area contributed by atoms with Crippen LogP contribution in [0, 0.1) is 5.92 Å². The Bertz CT molecular complexity index is 855. The lowest BCUT2D eigenvalue weighted by Gasteiger charge is -2.41. The number of carbonyl (C=O) groups is 1. The van der Waals surface area contributed by atoms with Gasteiger partial charge in [-0.3, -0.25) is 9.89 Å². The van der Waals surface area contributed by atoms with E-state index in [2.05, 4.69) is 15.2 Å². The Labute approximate surface area is 176 Å². The van der Waals surface area contributed by atoms with Crippen molar-refractivity contribution in [1.29, 1.82) is 0 Å². The van der Waals surface area contributed by atoms with Gasteiger partial charge >= 0.3 is 0 Å². The number of H-pyrrole nitrogens is 1. The summed E-state index contributed by atoms with van der Waals surface area (Å²) >= 11 is 0. The summed E-state index contributed by atoms with van der Waals surface area (Å²) in [5.74, 6) is 0.241. The van der Waals surface area contributed by atoms with Gasteiger partial charge in [0.2, 0.25) is 0 Å². The fourth-order valence-electron chi connectivity index (χ4n) is 4.59. The van der Waals surface area contributed by atoms with Gasteiger partial charge in [0.25, 0.3) is 5.91 Å². The van der Waals surface area contributed by atoms with Crippen LogP contribution in [0.15, 0.2) is 47.6 Å². The number of aliphatic hydroxyl groups is 1. The van der Waals surface area contributed by atoms with E-state index in [-0.39, 0.29) is 11.8 Å². The summed E-state index contributed by atoms with van der Waals surface area (Å²) in [4.78, 5) is 21.7. The van der Waals surface area contributed by atoms with Crippen molar-refractivity contribution < 1.29 is 9.90 Å². The average molecular weight is 411 g/mol. The lowest BCUT2D eigenvalue weighted by molar-refractivity contribution is -0.160. The maximum atomic E-state index is 13.6. The molecule has 1 amide bonds. The zero-order valence-electron chi connectivity index (χ0n) is 17.2. The van der Waals surface area contributed by atoms with E-state index < -0.39 is 5.60 Å². The van der Waals surface area contributed by atoms with Crippen molar-refractivity contribution >= 4 is 11.9 Å². The Hall–Kier alpha value is -2.87. The molecule has 4 rings (SSSR count). The second kappa shape index (κ2) is 8.87. The number of amides is 1. The number of nitrogens with one attached hydrogen (secondary N) is 1. The van der Waals surface area contributed by atoms with Gasteiger partial charge in [0.15, 0.2) is 11.6 Å². The first-order valence-corrected chi connectivity index (χ1v) is 10.7. The molecule has 1 unspecified atom stereocenters. The molecular weight excluding hydrogens is 380 g/mol. The van der Waals surface area contributed by atoms with Crippen molar-refractivity contribution in [3.8, 4) is 0 Å². The third-order valence-electron chi connectivity index (χ3n) is 6.35. The first-order valence-electron chi connectivity index (χ1n) is 10.7. The molecule has 2 aromatic rings. The lowest BCUT2D eigenvalue weighted by atomic mass is 9.79. The van der Waals surface area contributed by atoms with E-state index in [9.17, 15) is 9.90 Å². The van der Waals surface area contributed by atoms with Crippen molar-refractivity contribution in [3.05, 3.63) is 53.9 Å². The maximum absolute atomic E-state index is 13.6. The van der Waals surface area contributed by atoms with E-state index in [4.69, 9.17) is 5.73 Å². The van der Waals surface area contributed by atoms with Crippen molar-refractivity contribution in [1.82, 2.24) is 20.0 Å². The Kier molecular flexibility index (Phi) is 6.03. The van der Waals surface area contributed by atoms with Crippen LogP contribution in [0.4, 0.5) is 0 Å². The lowest BCUT2D eigenvalue weighted by Crippen LogP contribution is -2.58. The minimum atomic E-state index is -1.46. The number of hydrogen-bond acceptors (Lipinski definition) is 4. The molecule has 160 valence electrons. The molecule has 1 atom stereocenters. The van der Waals surface area contributed by atoms with Gasteiger partial charge in [-0.25, -0.2) is 4.99 Å². The molecule has 1 aromatic heterocycles. The summed E-state index contributed by atoms with van der Waals surface area (Å²) in [7, 11) is 0. The quantitative estimate of drug-likeness (QED) is 0.510. The molecule has 2 heterocycles. The number of aromatic nitrogens is 2. The molecule has 1 saturated heterocycles. The van der Waals surface area contributed by atoms with Crippen LogP contribution in [-0.4, -0.2) is 63.1 Å². The third kappa shape index (κ3) is 4.05. The summed E-state index contributed by atoms with van der Waals surface area (Å²) in [6.45, 7) is 2.67. The van der Waals surface area contributed by atoms with E-state index in [1.807, 2.05) is 41.3 Å². The summed E-state index contributed by atoms with van der Waals surface area (Å²) < 4.78 is 0. The van der Waals surface area contributed by atoms with Crippen molar-refractivity contribution in [2.75, 3.05) is 26.2 Å². The first-order chi connectivity index (χ1) is 14.6. The fourth-order valence-corrected chi connectivity index (χ4v) is 4.59. The van der Waals surface area contributed by atoms with Crippen LogP contribution in [0.2, 0.25) is 0 Å².